The molecule has 0 aromatic carbocycles. The van der Waals surface area contributed by atoms with E-state index in [1.807, 2.05) is 0 Å². The van der Waals surface area contributed by atoms with Crippen LogP contribution in [0.1, 0.15) is 39.0 Å². The van der Waals surface area contributed by atoms with Gasteiger partial charge in [0.25, 0.3) is 0 Å². The molecule has 0 spiro atoms. The van der Waals surface area contributed by atoms with Crippen molar-refractivity contribution in [2.75, 3.05) is 45.8 Å². The minimum Gasteiger partial charge on any atom is -0.330 e. The quantitative estimate of drug-likeness (QED) is 0.783. The normalized spacial score (nSPS) is 25.7. The molecule has 0 aromatic rings. The molecule has 0 radical (unpaired) electrons. The molecule has 2 fully saturated rings. The second kappa shape index (κ2) is 7.46. The van der Waals surface area contributed by atoms with Crippen LogP contribution in [0.15, 0.2) is 0 Å². The lowest BCUT2D eigenvalue weighted by atomic mass is 9.95. The molecule has 0 bridgehead atoms. The highest BCUT2D eigenvalue weighted by molar-refractivity contribution is 4.77. The molecule has 1 atom stereocenters. The van der Waals surface area contributed by atoms with Crippen LogP contribution in [-0.4, -0.2) is 55.6 Å². The number of hydrogen-bond donors (Lipinski definition) is 1. The summed E-state index contributed by atoms with van der Waals surface area (Å²) in [5, 5.41) is 0. The van der Waals surface area contributed by atoms with E-state index in [0.717, 1.165) is 18.4 Å². The fourth-order valence-electron chi connectivity index (χ4n) is 3.50. The van der Waals surface area contributed by atoms with Gasteiger partial charge in [-0.15, -0.1) is 0 Å². The minimum absolute atomic E-state index is 0.769. The maximum Gasteiger partial charge on any atom is 0.00106 e. The van der Waals surface area contributed by atoms with E-state index in [-0.39, 0.29) is 0 Å². The van der Waals surface area contributed by atoms with E-state index in [2.05, 4.69) is 16.7 Å². The van der Waals surface area contributed by atoms with Crippen molar-refractivity contribution in [1.82, 2.24) is 9.80 Å². The van der Waals surface area contributed by atoms with Crippen molar-refractivity contribution in [1.29, 1.82) is 0 Å². The number of nitrogens with two attached hydrogens (primary N) is 1. The van der Waals surface area contributed by atoms with Crippen LogP contribution >= 0.6 is 0 Å². The van der Waals surface area contributed by atoms with Gasteiger partial charge < -0.3 is 15.5 Å². The van der Waals surface area contributed by atoms with Gasteiger partial charge in [0.05, 0.1) is 0 Å². The number of hydrogen-bond acceptors (Lipinski definition) is 3. The van der Waals surface area contributed by atoms with E-state index in [1.165, 1.54) is 71.4 Å². The topological polar surface area (TPSA) is 32.5 Å². The third kappa shape index (κ3) is 4.52. The van der Waals surface area contributed by atoms with Crippen molar-refractivity contribution < 1.29 is 0 Å². The maximum absolute atomic E-state index is 5.62. The summed E-state index contributed by atoms with van der Waals surface area (Å²) in [6.07, 6.45) is 6.84. The second-order valence-corrected chi connectivity index (χ2v) is 6.43. The Morgan fingerprint density at radius 3 is 2.33 bits per heavy atom. The zero-order chi connectivity index (χ0) is 12.8. The van der Waals surface area contributed by atoms with E-state index in [0.29, 0.717) is 0 Å². The SMILES string of the molecule is CC(CCN)CN1CCC(CN2CCCC2)CC1. The lowest BCUT2D eigenvalue weighted by molar-refractivity contribution is 0.139. The highest BCUT2D eigenvalue weighted by Gasteiger charge is 2.23. The van der Waals surface area contributed by atoms with Gasteiger partial charge in [-0.2, -0.15) is 0 Å². The van der Waals surface area contributed by atoms with Crippen LogP contribution < -0.4 is 5.73 Å². The third-order valence-corrected chi connectivity index (χ3v) is 4.65. The molecule has 2 N–H and O–H groups in total. The molecule has 3 nitrogen and oxygen atoms in total. The third-order valence-electron chi connectivity index (χ3n) is 4.65. The van der Waals surface area contributed by atoms with Gasteiger partial charge in [-0.25, -0.2) is 0 Å². The zero-order valence-electron chi connectivity index (χ0n) is 12.1. The Kier molecular flexibility index (Phi) is 5.93. The van der Waals surface area contributed by atoms with E-state index in [9.17, 15) is 0 Å². The molecule has 2 rings (SSSR count). The first-order chi connectivity index (χ1) is 8.78. The van der Waals surface area contributed by atoms with Crippen molar-refractivity contribution in [2.24, 2.45) is 17.6 Å². The molecule has 0 amide bonds. The molecule has 1 unspecified atom stereocenters. The van der Waals surface area contributed by atoms with Crippen LogP contribution in [0, 0.1) is 11.8 Å². The maximum atomic E-state index is 5.62. The number of likely N-dealkylation sites (tertiary alicyclic amines) is 2. The first-order valence-corrected chi connectivity index (χ1v) is 7.92. The first-order valence-electron chi connectivity index (χ1n) is 7.92. The van der Waals surface area contributed by atoms with Gasteiger partial charge in [-0.1, -0.05) is 6.92 Å². The molecule has 18 heavy (non-hydrogen) atoms. The minimum atomic E-state index is 0.769. The molecule has 0 aliphatic carbocycles. The molecule has 2 aliphatic rings. The summed E-state index contributed by atoms with van der Waals surface area (Å²) in [5.74, 6) is 1.73. The van der Waals surface area contributed by atoms with E-state index in [1.54, 1.807) is 0 Å². The van der Waals surface area contributed by atoms with Crippen molar-refractivity contribution in [3.05, 3.63) is 0 Å². The summed E-state index contributed by atoms with van der Waals surface area (Å²) in [6, 6.07) is 0. The summed E-state index contributed by atoms with van der Waals surface area (Å²) in [7, 11) is 0. The highest BCUT2D eigenvalue weighted by atomic mass is 15.2. The largest absolute Gasteiger partial charge is 0.330 e. The Balaban J connectivity index is 1.61. The highest BCUT2D eigenvalue weighted by Crippen LogP contribution is 2.21. The Bertz CT molecular complexity index is 218. The fraction of sp³-hybridized carbons (Fsp3) is 1.00. The van der Waals surface area contributed by atoms with Crippen molar-refractivity contribution >= 4 is 0 Å². The number of piperidine rings is 1. The predicted molar refractivity (Wildman–Crippen MR) is 77.7 cm³/mol. The van der Waals surface area contributed by atoms with E-state index >= 15 is 0 Å². The van der Waals surface area contributed by atoms with Crippen LogP contribution in [0.4, 0.5) is 0 Å². The summed E-state index contributed by atoms with van der Waals surface area (Å²) in [6.45, 7) is 11.1. The summed E-state index contributed by atoms with van der Waals surface area (Å²) >= 11 is 0. The van der Waals surface area contributed by atoms with Crippen molar-refractivity contribution in [3.63, 3.8) is 0 Å². The molecular weight excluding hydrogens is 222 g/mol. The molecule has 0 saturated carbocycles. The van der Waals surface area contributed by atoms with Crippen LogP contribution in [-0.2, 0) is 0 Å². The fourth-order valence-corrected chi connectivity index (χ4v) is 3.50. The summed E-state index contributed by atoms with van der Waals surface area (Å²) in [4.78, 5) is 5.33. The van der Waals surface area contributed by atoms with E-state index < -0.39 is 0 Å². The predicted octanol–water partition coefficient (Wildman–Crippen LogP) is 1.78. The molecule has 3 heteroatoms. The number of nitrogens with zero attached hydrogens (tertiary/aromatic N) is 2. The van der Waals surface area contributed by atoms with Gasteiger partial charge in [0.1, 0.15) is 0 Å². The molecule has 2 heterocycles. The Morgan fingerprint density at radius 2 is 1.72 bits per heavy atom. The monoisotopic (exact) mass is 253 g/mol. The van der Waals surface area contributed by atoms with Gasteiger partial charge in [-0.05, 0) is 76.7 Å². The van der Waals surface area contributed by atoms with Crippen LogP contribution in [0.25, 0.3) is 0 Å². The average molecular weight is 253 g/mol. The zero-order valence-corrected chi connectivity index (χ0v) is 12.1. The average Bonchev–Trinajstić information content (AvgIpc) is 2.85. The number of rotatable bonds is 6. The molecular formula is C15H31N3. The van der Waals surface area contributed by atoms with Crippen LogP contribution in [0.5, 0.6) is 0 Å². The van der Waals surface area contributed by atoms with Crippen molar-refractivity contribution in [3.8, 4) is 0 Å². The Hall–Kier alpha value is -0.120. The van der Waals surface area contributed by atoms with Crippen LogP contribution in [0.2, 0.25) is 0 Å². The van der Waals surface area contributed by atoms with Gasteiger partial charge >= 0.3 is 0 Å². The van der Waals surface area contributed by atoms with Gasteiger partial charge in [0.15, 0.2) is 0 Å². The Labute approximate surface area is 113 Å². The molecule has 0 aromatic heterocycles. The van der Waals surface area contributed by atoms with Gasteiger partial charge in [-0.3, -0.25) is 0 Å². The van der Waals surface area contributed by atoms with E-state index in [4.69, 9.17) is 5.73 Å². The summed E-state index contributed by atoms with van der Waals surface area (Å²) in [5.41, 5.74) is 5.62. The molecule has 106 valence electrons. The van der Waals surface area contributed by atoms with Gasteiger partial charge in [0, 0.05) is 13.1 Å². The van der Waals surface area contributed by atoms with Crippen LogP contribution in [0.3, 0.4) is 0 Å². The standard InChI is InChI=1S/C15H31N3/c1-14(4-7-16)12-18-10-5-15(6-11-18)13-17-8-2-3-9-17/h14-15H,2-13,16H2,1H3. The second-order valence-electron chi connectivity index (χ2n) is 6.43. The molecule has 2 aliphatic heterocycles. The first kappa shape index (κ1) is 14.3. The lowest BCUT2D eigenvalue weighted by Crippen LogP contribution is -2.40. The van der Waals surface area contributed by atoms with Gasteiger partial charge in [0.2, 0.25) is 0 Å². The Morgan fingerprint density at radius 1 is 1.06 bits per heavy atom. The molecule has 2 saturated heterocycles. The van der Waals surface area contributed by atoms with Crippen molar-refractivity contribution in [2.45, 2.75) is 39.0 Å². The lowest BCUT2D eigenvalue weighted by Gasteiger charge is -2.35. The summed E-state index contributed by atoms with van der Waals surface area (Å²) < 4.78 is 0. The smallest absolute Gasteiger partial charge is 0.00106 e.